The van der Waals surface area contributed by atoms with Crippen LogP contribution in [0.3, 0.4) is 0 Å². The van der Waals surface area contributed by atoms with Crippen LogP contribution in [-0.4, -0.2) is 0 Å². The maximum Gasteiger partial charge on any atom is 0.135 e. The van der Waals surface area contributed by atoms with Crippen molar-refractivity contribution in [1.82, 2.24) is 0 Å². The van der Waals surface area contributed by atoms with Crippen molar-refractivity contribution in [3.63, 3.8) is 0 Å². The Balaban J connectivity index is 1.54. The standard InChI is InChI=1S/C30H21NO/c1-2-14-25(15-3-1)31(28-18-9-12-22-10-4-6-17-27(22)28)26-16-8-13-23(20-26)30-21-24-11-5-7-19-29(24)32-30/h1-21H. The summed E-state index contributed by atoms with van der Waals surface area (Å²) in [4.78, 5) is 2.31. The van der Waals surface area contributed by atoms with E-state index in [0.29, 0.717) is 0 Å². The molecule has 0 aliphatic heterocycles. The molecule has 0 radical (unpaired) electrons. The molecule has 152 valence electrons. The molecule has 0 amide bonds. The minimum atomic E-state index is 0.874. The van der Waals surface area contributed by atoms with Crippen molar-refractivity contribution in [3.8, 4) is 11.3 Å². The Morgan fingerprint density at radius 3 is 2.06 bits per heavy atom. The molecule has 2 heteroatoms. The fourth-order valence-electron chi connectivity index (χ4n) is 4.33. The van der Waals surface area contributed by atoms with Gasteiger partial charge in [0.25, 0.3) is 0 Å². The van der Waals surface area contributed by atoms with Crippen molar-refractivity contribution in [3.05, 3.63) is 127 Å². The van der Waals surface area contributed by atoms with Crippen molar-refractivity contribution in [2.24, 2.45) is 0 Å². The van der Waals surface area contributed by atoms with Gasteiger partial charge in [0, 0.05) is 27.7 Å². The second-order valence-electron chi connectivity index (χ2n) is 7.87. The molecule has 0 aliphatic carbocycles. The van der Waals surface area contributed by atoms with Crippen LogP contribution in [-0.2, 0) is 0 Å². The quantitative estimate of drug-likeness (QED) is 0.288. The first-order chi connectivity index (χ1) is 15.9. The Labute approximate surface area is 187 Å². The van der Waals surface area contributed by atoms with Gasteiger partial charge in [-0.05, 0) is 47.9 Å². The molecule has 0 atom stereocenters. The molecule has 0 N–H and O–H groups in total. The summed E-state index contributed by atoms with van der Waals surface area (Å²) >= 11 is 0. The number of para-hydroxylation sites is 2. The molecular formula is C30H21NO. The molecule has 6 aromatic rings. The fraction of sp³-hybridized carbons (Fsp3) is 0. The van der Waals surface area contributed by atoms with Crippen molar-refractivity contribution < 1.29 is 4.42 Å². The van der Waals surface area contributed by atoms with E-state index in [1.165, 1.54) is 10.8 Å². The predicted octanol–water partition coefficient (Wildman–Crippen LogP) is 8.72. The summed E-state index contributed by atoms with van der Waals surface area (Å²) in [5.41, 5.74) is 5.31. The van der Waals surface area contributed by atoms with Crippen LogP contribution in [0.5, 0.6) is 0 Å². The summed E-state index contributed by atoms with van der Waals surface area (Å²) in [7, 11) is 0. The van der Waals surface area contributed by atoms with E-state index in [1.54, 1.807) is 0 Å². The van der Waals surface area contributed by atoms with E-state index in [-0.39, 0.29) is 0 Å². The third kappa shape index (κ3) is 3.23. The van der Waals surface area contributed by atoms with E-state index in [0.717, 1.165) is 39.4 Å². The van der Waals surface area contributed by atoms with Gasteiger partial charge in [0.1, 0.15) is 11.3 Å². The van der Waals surface area contributed by atoms with Crippen molar-refractivity contribution in [1.29, 1.82) is 0 Å². The van der Waals surface area contributed by atoms with Crippen LogP contribution in [0.2, 0.25) is 0 Å². The molecule has 0 spiro atoms. The van der Waals surface area contributed by atoms with E-state index in [2.05, 4.69) is 114 Å². The predicted molar refractivity (Wildman–Crippen MR) is 134 cm³/mol. The van der Waals surface area contributed by atoms with E-state index in [9.17, 15) is 0 Å². The third-order valence-corrected chi connectivity index (χ3v) is 5.84. The van der Waals surface area contributed by atoms with Gasteiger partial charge in [-0.15, -0.1) is 0 Å². The van der Waals surface area contributed by atoms with Gasteiger partial charge in [-0.25, -0.2) is 0 Å². The number of benzene rings is 5. The number of rotatable bonds is 4. The highest BCUT2D eigenvalue weighted by Crippen LogP contribution is 2.40. The second kappa shape index (κ2) is 7.75. The Morgan fingerprint density at radius 2 is 1.19 bits per heavy atom. The zero-order chi connectivity index (χ0) is 21.3. The Hall–Kier alpha value is -4.30. The van der Waals surface area contributed by atoms with Crippen molar-refractivity contribution in [2.45, 2.75) is 0 Å². The van der Waals surface area contributed by atoms with Gasteiger partial charge in [-0.2, -0.15) is 0 Å². The molecule has 0 saturated heterocycles. The third-order valence-electron chi connectivity index (χ3n) is 5.84. The van der Waals surface area contributed by atoms with Crippen LogP contribution < -0.4 is 4.90 Å². The minimum absolute atomic E-state index is 0.874. The molecule has 1 aromatic heterocycles. The zero-order valence-electron chi connectivity index (χ0n) is 17.5. The molecule has 5 aromatic carbocycles. The lowest BCUT2D eigenvalue weighted by Gasteiger charge is -2.27. The Morgan fingerprint density at radius 1 is 0.500 bits per heavy atom. The molecule has 32 heavy (non-hydrogen) atoms. The first kappa shape index (κ1) is 18.5. The van der Waals surface area contributed by atoms with Crippen molar-refractivity contribution in [2.75, 3.05) is 4.90 Å². The first-order valence-corrected chi connectivity index (χ1v) is 10.8. The van der Waals surface area contributed by atoms with E-state index in [4.69, 9.17) is 4.42 Å². The molecular weight excluding hydrogens is 390 g/mol. The van der Waals surface area contributed by atoms with Gasteiger partial charge in [0.05, 0.1) is 5.69 Å². The topological polar surface area (TPSA) is 16.4 Å². The smallest absolute Gasteiger partial charge is 0.135 e. The van der Waals surface area contributed by atoms with Gasteiger partial charge < -0.3 is 9.32 Å². The molecule has 0 saturated carbocycles. The highest BCUT2D eigenvalue weighted by Gasteiger charge is 2.16. The Bertz CT molecular complexity index is 1490. The molecule has 1 heterocycles. The fourth-order valence-corrected chi connectivity index (χ4v) is 4.33. The summed E-state index contributed by atoms with van der Waals surface area (Å²) in [6.45, 7) is 0. The summed E-state index contributed by atoms with van der Waals surface area (Å²) in [5.74, 6) is 0.874. The zero-order valence-corrected chi connectivity index (χ0v) is 17.5. The van der Waals surface area contributed by atoms with Crippen LogP contribution in [0.25, 0.3) is 33.1 Å². The maximum absolute atomic E-state index is 6.15. The number of furan rings is 1. The van der Waals surface area contributed by atoms with E-state index < -0.39 is 0 Å². The van der Waals surface area contributed by atoms with Crippen LogP contribution in [0.15, 0.2) is 132 Å². The lowest BCUT2D eigenvalue weighted by molar-refractivity contribution is 0.631. The molecule has 0 unspecified atom stereocenters. The van der Waals surface area contributed by atoms with Gasteiger partial charge in [-0.3, -0.25) is 0 Å². The number of nitrogens with zero attached hydrogens (tertiary/aromatic N) is 1. The average molecular weight is 412 g/mol. The summed E-state index contributed by atoms with van der Waals surface area (Å²) in [6.07, 6.45) is 0. The van der Waals surface area contributed by atoms with Crippen LogP contribution in [0.4, 0.5) is 17.1 Å². The number of fused-ring (bicyclic) bond motifs is 2. The van der Waals surface area contributed by atoms with Gasteiger partial charge >= 0.3 is 0 Å². The molecule has 0 bridgehead atoms. The Kier molecular flexibility index (Phi) is 4.47. The average Bonchev–Trinajstić information content (AvgIpc) is 3.30. The molecule has 6 rings (SSSR count). The normalized spacial score (nSPS) is 11.1. The lowest BCUT2D eigenvalue weighted by atomic mass is 10.1. The maximum atomic E-state index is 6.15. The highest BCUT2D eigenvalue weighted by atomic mass is 16.3. The summed E-state index contributed by atoms with van der Waals surface area (Å²) < 4.78 is 6.15. The molecule has 2 nitrogen and oxygen atoms in total. The van der Waals surface area contributed by atoms with Gasteiger partial charge in [0.2, 0.25) is 0 Å². The lowest BCUT2D eigenvalue weighted by Crippen LogP contribution is -2.10. The first-order valence-electron chi connectivity index (χ1n) is 10.8. The van der Waals surface area contributed by atoms with Gasteiger partial charge in [0.15, 0.2) is 0 Å². The van der Waals surface area contributed by atoms with E-state index in [1.807, 2.05) is 18.2 Å². The van der Waals surface area contributed by atoms with E-state index >= 15 is 0 Å². The van der Waals surface area contributed by atoms with Gasteiger partial charge in [-0.1, -0.05) is 84.9 Å². The van der Waals surface area contributed by atoms with Crippen LogP contribution in [0, 0.1) is 0 Å². The van der Waals surface area contributed by atoms with Crippen LogP contribution >= 0.6 is 0 Å². The highest BCUT2D eigenvalue weighted by molar-refractivity contribution is 5.99. The van der Waals surface area contributed by atoms with Crippen molar-refractivity contribution >= 4 is 38.8 Å². The SMILES string of the molecule is c1ccc(N(c2cccc(-c3cc4ccccc4o3)c2)c2cccc3ccccc23)cc1. The molecule has 0 fully saturated rings. The summed E-state index contributed by atoms with van der Waals surface area (Å²) in [5, 5.41) is 3.55. The minimum Gasteiger partial charge on any atom is -0.456 e. The number of anilines is 3. The molecule has 0 aliphatic rings. The largest absolute Gasteiger partial charge is 0.456 e. The number of hydrogen-bond donors (Lipinski definition) is 0. The van der Waals surface area contributed by atoms with Crippen LogP contribution in [0.1, 0.15) is 0 Å². The summed E-state index contributed by atoms with van der Waals surface area (Å²) in [6, 6.07) is 44.3. The second-order valence-corrected chi connectivity index (χ2v) is 7.87. The monoisotopic (exact) mass is 411 g/mol. The number of hydrogen-bond acceptors (Lipinski definition) is 2.